The van der Waals surface area contributed by atoms with Gasteiger partial charge < -0.3 is 5.73 Å². The Kier molecular flexibility index (Phi) is 3.88. The van der Waals surface area contributed by atoms with Crippen LogP contribution in [0.1, 0.15) is 11.3 Å². The quantitative estimate of drug-likeness (QED) is 0.665. The normalized spacial score (nSPS) is 11.4. The van der Waals surface area contributed by atoms with Crippen molar-refractivity contribution in [3.05, 3.63) is 42.0 Å². The van der Waals surface area contributed by atoms with Crippen LogP contribution in [0.25, 0.3) is 0 Å². The predicted octanol–water partition coefficient (Wildman–Crippen LogP) is -0.0826. The van der Waals surface area contributed by atoms with Gasteiger partial charge in [0.05, 0.1) is 6.20 Å². The molecule has 9 heteroatoms. The third kappa shape index (κ3) is 3.13. The highest BCUT2D eigenvalue weighted by Crippen LogP contribution is 2.13. The molecular formula is C10H11N5O2S2. The van der Waals surface area contributed by atoms with Gasteiger partial charge in [0.15, 0.2) is 0 Å². The van der Waals surface area contributed by atoms with Crippen molar-refractivity contribution in [3.8, 4) is 0 Å². The maximum absolute atomic E-state index is 12.2. The summed E-state index contributed by atoms with van der Waals surface area (Å²) in [7, 11) is -3.73. The Morgan fingerprint density at radius 3 is 2.95 bits per heavy atom. The molecule has 0 saturated carbocycles. The van der Waals surface area contributed by atoms with E-state index in [0.29, 0.717) is 5.56 Å². The molecule has 0 saturated heterocycles. The largest absolute Gasteiger partial charge is 0.388 e. The summed E-state index contributed by atoms with van der Waals surface area (Å²) in [4.78, 5) is 3.78. The van der Waals surface area contributed by atoms with E-state index in [0.717, 1.165) is 0 Å². The molecule has 4 N–H and O–H groups in total. The molecule has 0 aromatic carbocycles. The minimum atomic E-state index is -3.73. The molecule has 0 aliphatic carbocycles. The van der Waals surface area contributed by atoms with E-state index >= 15 is 0 Å². The first-order valence-electron chi connectivity index (χ1n) is 5.23. The lowest BCUT2D eigenvalue weighted by molar-refractivity contribution is 0.580. The van der Waals surface area contributed by atoms with Crippen LogP contribution in [0.2, 0.25) is 0 Å². The van der Waals surface area contributed by atoms with Crippen molar-refractivity contribution < 1.29 is 8.42 Å². The molecule has 0 aliphatic rings. The van der Waals surface area contributed by atoms with Gasteiger partial charge in [0.1, 0.15) is 15.6 Å². The van der Waals surface area contributed by atoms with Gasteiger partial charge in [-0.05, 0) is 12.1 Å². The number of hydrogen-bond acceptors (Lipinski definition) is 5. The van der Waals surface area contributed by atoms with Crippen molar-refractivity contribution >= 4 is 27.2 Å². The van der Waals surface area contributed by atoms with Crippen LogP contribution in [-0.4, -0.2) is 28.6 Å². The Bertz CT molecular complexity index is 682. The molecule has 0 unspecified atom stereocenters. The summed E-state index contributed by atoms with van der Waals surface area (Å²) in [6.07, 6.45) is 4.56. The standard InChI is InChI=1S/C10H11N5O2S2/c11-10(18)9-8(2-1-3-12-9)19(16,17)15-6-7-4-13-14-5-7/h1-5,15H,6H2,(H2,11,18)(H,13,14). The fourth-order valence-corrected chi connectivity index (χ4v) is 2.84. The number of nitrogens with zero attached hydrogens (tertiary/aromatic N) is 2. The molecule has 0 atom stereocenters. The monoisotopic (exact) mass is 297 g/mol. The van der Waals surface area contributed by atoms with Crippen LogP contribution in [0.4, 0.5) is 0 Å². The summed E-state index contributed by atoms with van der Waals surface area (Å²) >= 11 is 4.79. The van der Waals surface area contributed by atoms with Gasteiger partial charge in [0, 0.05) is 24.5 Å². The van der Waals surface area contributed by atoms with Crippen LogP contribution in [0.3, 0.4) is 0 Å². The number of aromatic nitrogens is 3. The van der Waals surface area contributed by atoms with Crippen LogP contribution < -0.4 is 10.5 Å². The average molecular weight is 297 g/mol. The van der Waals surface area contributed by atoms with Crippen LogP contribution in [0.15, 0.2) is 35.6 Å². The van der Waals surface area contributed by atoms with Gasteiger partial charge in [-0.15, -0.1) is 0 Å². The maximum atomic E-state index is 12.2. The molecule has 19 heavy (non-hydrogen) atoms. The Balaban J connectivity index is 2.27. The van der Waals surface area contributed by atoms with Crippen LogP contribution in [0.5, 0.6) is 0 Å². The number of pyridine rings is 1. The van der Waals surface area contributed by atoms with E-state index in [1.54, 1.807) is 6.20 Å². The Morgan fingerprint density at radius 1 is 1.53 bits per heavy atom. The summed E-state index contributed by atoms with van der Waals surface area (Å²) in [5.74, 6) is 0. The molecule has 0 fully saturated rings. The van der Waals surface area contributed by atoms with Crippen molar-refractivity contribution in [2.45, 2.75) is 11.4 Å². The molecule has 2 rings (SSSR count). The molecule has 100 valence electrons. The number of nitrogens with one attached hydrogen (secondary N) is 2. The lowest BCUT2D eigenvalue weighted by Crippen LogP contribution is -2.26. The molecule has 0 aliphatic heterocycles. The number of aromatic amines is 1. The van der Waals surface area contributed by atoms with Crippen molar-refractivity contribution in [3.63, 3.8) is 0 Å². The van der Waals surface area contributed by atoms with Gasteiger partial charge in [-0.2, -0.15) is 5.10 Å². The minimum absolute atomic E-state index is 0.0361. The smallest absolute Gasteiger partial charge is 0.243 e. The molecule has 0 spiro atoms. The number of hydrogen-bond donors (Lipinski definition) is 3. The maximum Gasteiger partial charge on any atom is 0.243 e. The average Bonchev–Trinajstić information content (AvgIpc) is 2.89. The van der Waals surface area contributed by atoms with Crippen molar-refractivity contribution in [1.82, 2.24) is 19.9 Å². The van der Waals surface area contributed by atoms with E-state index in [9.17, 15) is 8.42 Å². The summed E-state index contributed by atoms with van der Waals surface area (Å²) in [6, 6.07) is 2.91. The molecule has 2 aromatic heterocycles. The van der Waals surface area contributed by atoms with E-state index in [1.165, 1.54) is 24.5 Å². The first-order chi connectivity index (χ1) is 9.00. The summed E-state index contributed by atoms with van der Waals surface area (Å²) in [5.41, 5.74) is 6.26. The molecule has 7 nitrogen and oxygen atoms in total. The third-order valence-corrected chi connectivity index (χ3v) is 3.94. The van der Waals surface area contributed by atoms with Gasteiger partial charge in [0.25, 0.3) is 0 Å². The van der Waals surface area contributed by atoms with E-state index in [4.69, 9.17) is 18.0 Å². The molecule has 0 amide bonds. The first-order valence-corrected chi connectivity index (χ1v) is 7.12. The molecular weight excluding hydrogens is 286 g/mol. The highest BCUT2D eigenvalue weighted by atomic mass is 32.2. The zero-order valence-corrected chi connectivity index (χ0v) is 11.3. The Morgan fingerprint density at radius 2 is 2.32 bits per heavy atom. The van der Waals surface area contributed by atoms with Crippen LogP contribution in [-0.2, 0) is 16.6 Å². The molecule has 2 heterocycles. The van der Waals surface area contributed by atoms with E-state index in [2.05, 4.69) is 19.9 Å². The molecule has 2 aromatic rings. The second-order valence-corrected chi connectivity index (χ2v) is 5.82. The highest BCUT2D eigenvalue weighted by Gasteiger charge is 2.20. The fraction of sp³-hybridized carbons (Fsp3) is 0.100. The van der Waals surface area contributed by atoms with E-state index < -0.39 is 10.0 Å². The Hall–Kier alpha value is -1.84. The van der Waals surface area contributed by atoms with Crippen LogP contribution in [0, 0.1) is 0 Å². The minimum Gasteiger partial charge on any atom is -0.388 e. The number of nitrogens with two attached hydrogens (primary N) is 1. The van der Waals surface area contributed by atoms with Gasteiger partial charge >= 0.3 is 0 Å². The van der Waals surface area contributed by atoms with Crippen molar-refractivity contribution in [2.75, 3.05) is 0 Å². The summed E-state index contributed by atoms with van der Waals surface area (Å²) < 4.78 is 26.7. The zero-order chi connectivity index (χ0) is 13.9. The second-order valence-electron chi connectivity index (χ2n) is 3.65. The van der Waals surface area contributed by atoms with E-state index in [-0.39, 0.29) is 22.1 Å². The van der Waals surface area contributed by atoms with Gasteiger partial charge in [-0.3, -0.25) is 10.1 Å². The van der Waals surface area contributed by atoms with Gasteiger partial charge in [-0.25, -0.2) is 13.1 Å². The summed E-state index contributed by atoms with van der Waals surface area (Å²) in [6.45, 7) is 0.116. The molecule has 0 radical (unpaired) electrons. The second kappa shape index (κ2) is 5.43. The number of H-pyrrole nitrogens is 1. The predicted molar refractivity (Wildman–Crippen MR) is 72.7 cm³/mol. The topological polar surface area (TPSA) is 114 Å². The Labute approximate surface area is 115 Å². The third-order valence-electron chi connectivity index (χ3n) is 2.31. The van der Waals surface area contributed by atoms with Gasteiger partial charge in [0.2, 0.25) is 10.0 Å². The fourth-order valence-electron chi connectivity index (χ4n) is 1.42. The summed E-state index contributed by atoms with van der Waals surface area (Å²) in [5, 5.41) is 6.33. The lowest BCUT2D eigenvalue weighted by Gasteiger charge is -2.08. The van der Waals surface area contributed by atoms with Gasteiger partial charge in [-0.1, -0.05) is 12.2 Å². The van der Waals surface area contributed by atoms with Crippen molar-refractivity contribution in [2.24, 2.45) is 5.73 Å². The van der Waals surface area contributed by atoms with Crippen LogP contribution >= 0.6 is 12.2 Å². The SMILES string of the molecule is NC(=S)c1ncccc1S(=O)(=O)NCc1cn[nH]c1. The number of rotatable bonds is 5. The first kappa shape index (κ1) is 13.6. The zero-order valence-electron chi connectivity index (χ0n) is 9.70. The number of thiocarbonyl (C=S) groups is 1. The van der Waals surface area contributed by atoms with Crippen molar-refractivity contribution in [1.29, 1.82) is 0 Å². The number of sulfonamides is 1. The molecule has 0 bridgehead atoms. The lowest BCUT2D eigenvalue weighted by atomic mass is 10.3. The van der Waals surface area contributed by atoms with E-state index in [1.807, 2.05) is 0 Å². The highest BCUT2D eigenvalue weighted by molar-refractivity contribution is 7.89.